The molecule has 0 spiro atoms. The maximum absolute atomic E-state index is 11.4. The topological polar surface area (TPSA) is 26.9 Å². The fraction of sp³-hybridized carbons (Fsp3) is 0.375. The molecule has 3 heteroatoms. The highest BCUT2D eigenvalue weighted by Crippen LogP contribution is 2.08. The minimum absolute atomic E-state index is 0.108. The monoisotopic (exact) mass is 150 g/mol. The summed E-state index contributed by atoms with van der Waals surface area (Å²) in [4.78, 5) is 11.4. The molecule has 0 aliphatic carbocycles. The van der Waals surface area contributed by atoms with Gasteiger partial charge in [-0.3, -0.25) is 9.48 Å². The molecule has 0 fully saturated rings. The van der Waals surface area contributed by atoms with E-state index in [4.69, 9.17) is 0 Å². The van der Waals surface area contributed by atoms with Gasteiger partial charge in [0.05, 0.1) is 6.54 Å². The van der Waals surface area contributed by atoms with Gasteiger partial charge < -0.3 is 0 Å². The van der Waals surface area contributed by atoms with E-state index in [1.54, 1.807) is 4.68 Å². The summed E-state index contributed by atoms with van der Waals surface area (Å²) in [6, 6.07) is 0. The van der Waals surface area contributed by atoms with Gasteiger partial charge in [-0.05, 0) is 19.9 Å². The summed E-state index contributed by atoms with van der Waals surface area (Å²) in [6.07, 6.45) is 3.80. The largest absolute Gasteiger partial charge is 0.279 e. The average Bonchev–Trinajstić information content (AvgIpc) is 2.53. The minimum Gasteiger partial charge on any atom is -0.279 e. The van der Waals surface area contributed by atoms with Gasteiger partial charge in [0.25, 0.3) is 5.56 Å². The second kappa shape index (κ2) is 1.87. The Morgan fingerprint density at radius 1 is 1.45 bits per heavy atom. The van der Waals surface area contributed by atoms with Crippen LogP contribution in [-0.2, 0) is 6.54 Å². The van der Waals surface area contributed by atoms with Gasteiger partial charge in [-0.2, -0.15) is 0 Å². The van der Waals surface area contributed by atoms with Crippen LogP contribution in [0, 0.1) is 13.8 Å². The van der Waals surface area contributed by atoms with Crippen LogP contribution in [-0.4, -0.2) is 9.36 Å². The van der Waals surface area contributed by atoms with Crippen molar-refractivity contribution in [2.45, 2.75) is 20.4 Å². The van der Waals surface area contributed by atoms with Crippen LogP contribution in [0.3, 0.4) is 0 Å². The summed E-state index contributed by atoms with van der Waals surface area (Å²) in [7, 11) is 0. The number of rotatable bonds is 0. The Balaban J connectivity index is 2.86. The third-order valence-electron chi connectivity index (χ3n) is 2.24. The highest BCUT2D eigenvalue weighted by atomic mass is 16.1. The molecule has 3 nitrogen and oxygen atoms in total. The van der Waals surface area contributed by atoms with Crippen molar-refractivity contribution < 1.29 is 0 Å². The van der Waals surface area contributed by atoms with Gasteiger partial charge in [0.1, 0.15) is 0 Å². The predicted octanol–water partition coefficient (Wildman–Crippen LogP) is 0.751. The zero-order chi connectivity index (χ0) is 8.01. The molecule has 1 aliphatic heterocycles. The van der Waals surface area contributed by atoms with Crippen LogP contribution < -0.4 is 5.56 Å². The Hall–Kier alpha value is -1.25. The molecule has 0 N–H and O–H groups in total. The maximum atomic E-state index is 11.4. The third kappa shape index (κ3) is 0.651. The van der Waals surface area contributed by atoms with E-state index in [2.05, 4.69) is 0 Å². The summed E-state index contributed by atoms with van der Waals surface area (Å²) in [5.41, 5.74) is 2.03. The number of hydrogen-bond donors (Lipinski definition) is 0. The van der Waals surface area contributed by atoms with E-state index in [0.717, 1.165) is 17.8 Å². The summed E-state index contributed by atoms with van der Waals surface area (Å²) in [6.45, 7) is 4.67. The smallest absolute Gasteiger partial charge is 0.273 e. The molecule has 2 rings (SSSR count). The molecule has 11 heavy (non-hydrogen) atoms. The number of aromatic nitrogens is 2. The van der Waals surface area contributed by atoms with E-state index in [0.29, 0.717) is 0 Å². The van der Waals surface area contributed by atoms with Gasteiger partial charge in [-0.25, -0.2) is 4.68 Å². The quantitative estimate of drug-likeness (QED) is 0.536. The lowest BCUT2D eigenvalue weighted by Gasteiger charge is -1.99. The van der Waals surface area contributed by atoms with Crippen molar-refractivity contribution >= 4 is 6.20 Å². The third-order valence-corrected chi connectivity index (χ3v) is 2.24. The van der Waals surface area contributed by atoms with E-state index in [-0.39, 0.29) is 5.56 Å². The SMILES string of the molecule is Cc1c(C)n2n(c1=O)C=CC2. The number of allylic oxidation sites excluding steroid dienone is 1. The molecular formula is C8H10N2O. The van der Waals surface area contributed by atoms with E-state index < -0.39 is 0 Å². The standard InChI is InChI=1S/C8H10N2O/c1-6-7(2)9-4-3-5-10(9)8(6)11/h3,5H,4H2,1-2H3. The fourth-order valence-corrected chi connectivity index (χ4v) is 1.41. The fourth-order valence-electron chi connectivity index (χ4n) is 1.41. The van der Waals surface area contributed by atoms with Crippen LogP contribution in [0.5, 0.6) is 0 Å². The van der Waals surface area contributed by atoms with E-state index in [9.17, 15) is 4.79 Å². The lowest BCUT2D eigenvalue weighted by molar-refractivity contribution is 0.639. The van der Waals surface area contributed by atoms with Crippen molar-refractivity contribution in [2.24, 2.45) is 0 Å². The van der Waals surface area contributed by atoms with Crippen LogP contribution in [0.4, 0.5) is 0 Å². The predicted molar refractivity (Wildman–Crippen MR) is 43.5 cm³/mol. The van der Waals surface area contributed by atoms with Crippen molar-refractivity contribution in [1.82, 2.24) is 9.36 Å². The molecule has 0 saturated carbocycles. The summed E-state index contributed by atoms with van der Waals surface area (Å²) >= 11 is 0. The van der Waals surface area contributed by atoms with Gasteiger partial charge in [0.2, 0.25) is 0 Å². The molecule has 0 amide bonds. The van der Waals surface area contributed by atoms with Crippen molar-refractivity contribution in [3.8, 4) is 0 Å². The Kier molecular flexibility index (Phi) is 1.10. The summed E-state index contributed by atoms with van der Waals surface area (Å²) < 4.78 is 3.63. The lowest BCUT2D eigenvalue weighted by atomic mass is 10.3. The molecule has 0 bridgehead atoms. The molecule has 2 heterocycles. The molecule has 1 aromatic heterocycles. The molecular weight excluding hydrogens is 140 g/mol. The minimum atomic E-state index is 0.108. The second-order valence-corrected chi connectivity index (χ2v) is 2.83. The first kappa shape index (κ1) is 6.46. The zero-order valence-electron chi connectivity index (χ0n) is 6.66. The average molecular weight is 150 g/mol. The van der Waals surface area contributed by atoms with E-state index in [1.807, 2.05) is 30.8 Å². The first-order valence-corrected chi connectivity index (χ1v) is 3.67. The molecule has 58 valence electrons. The molecule has 0 atom stereocenters. The van der Waals surface area contributed by atoms with Crippen molar-refractivity contribution in [1.29, 1.82) is 0 Å². The number of fused-ring (bicyclic) bond motifs is 1. The van der Waals surface area contributed by atoms with Gasteiger partial charge in [-0.1, -0.05) is 0 Å². The maximum Gasteiger partial charge on any atom is 0.273 e. The molecule has 1 aliphatic rings. The number of hydrogen-bond acceptors (Lipinski definition) is 1. The van der Waals surface area contributed by atoms with E-state index in [1.165, 1.54) is 0 Å². The van der Waals surface area contributed by atoms with Crippen molar-refractivity contribution in [3.63, 3.8) is 0 Å². The van der Waals surface area contributed by atoms with Crippen LogP contribution in [0.2, 0.25) is 0 Å². The molecule has 1 aromatic rings. The van der Waals surface area contributed by atoms with Crippen LogP contribution in [0.15, 0.2) is 10.9 Å². The van der Waals surface area contributed by atoms with Crippen molar-refractivity contribution in [2.75, 3.05) is 0 Å². The van der Waals surface area contributed by atoms with Crippen molar-refractivity contribution in [3.05, 3.63) is 27.7 Å². The van der Waals surface area contributed by atoms with Crippen LogP contribution in [0.25, 0.3) is 6.20 Å². The van der Waals surface area contributed by atoms with Gasteiger partial charge in [0, 0.05) is 17.5 Å². The van der Waals surface area contributed by atoms with E-state index >= 15 is 0 Å². The molecule has 0 radical (unpaired) electrons. The second-order valence-electron chi connectivity index (χ2n) is 2.83. The molecule has 0 saturated heterocycles. The Morgan fingerprint density at radius 2 is 2.18 bits per heavy atom. The normalized spacial score (nSPS) is 14.0. The Bertz CT molecular complexity index is 382. The van der Waals surface area contributed by atoms with Crippen LogP contribution in [0.1, 0.15) is 11.3 Å². The first-order valence-electron chi connectivity index (χ1n) is 3.67. The molecule has 0 unspecified atom stereocenters. The zero-order valence-corrected chi connectivity index (χ0v) is 6.66. The lowest BCUT2D eigenvalue weighted by Crippen LogP contribution is -2.14. The number of nitrogens with zero attached hydrogens (tertiary/aromatic N) is 2. The highest BCUT2D eigenvalue weighted by Gasteiger charge is 2.12. The first-order chi connectivity index (χ1) is 5.22. The van der Waals surface area contributed by atoms with Crippen LogP contribution >= 0.6 is 0 Å². The summed E-state index contributed by atoms with van der Waals surface area (Å²) in [5, 5.41) is 0. The summed E-state index contributed by atoms with van der Waals surface area (Å²) in [5.74, 6) is 0. The van der Waals surface area contributed by atoms with Gasteiger partial charge >= 0.3 is 0 Å². The molecule has 0 aromatic carbocycles. The van der Waals surface area contributed by atoms with Gasteiger partial charge in [-0.15, -0.1) is 0 Å². The Morgan fingerprint density at radius 3 is 2.82 bits per heavy atom. The Labute approximate surface area is 64.5 Å². The highest BCUT2D eigenvalue weighted by molar-refractivity contribution is 5.30. The van der Waals surface area contributed by atoms with Gasteiger partial charge in [0.15, 0.2) is 0 Å².